The molecule has 1 aromatic heterocycles. The third-order valence-electron chi connectivity index (χ3n) is 3.40. The Hall–Kier alpha value is -2.90. The topological polar surface area (TPSA) is 107 Å². The van der Waals surface area contributed by atoms with Crippen molar-refractivity contribution in [1.29, 1.82) is 0 Å². The second kappa shape index (κ2) is 4.89. The van der Waals surface area contributed by atoms with Crippen LogP contribution in [0.1, 0.15) is 11.5 Å². The minimum absolute atomic E-state index is 0.0931. The Morgan fingerprint density at radius 1 is 1.38 bits per heavy atom. The lowest BCUT2D eigenvalue weighted by Gasteiger charge is -2.10. The number of fused-ring (bicyclic) bond motifs is 1. The zero-order chi connectivity index (χ0) is 15.0. The lowest BCUT2D eigenvalue weighted by molar-refractivity contribution is -0.386. The number of rotatable bonds is 3. The predicted molar refractivity (Wildman–Crippen MR) is 72.7 cm³/mol. The quantitative estimate of drug-likeness (QED) is 0.658. The summed E-state index contributed by atoms with van der Waals surface area (Å²) in [4.78, 5) is 35.0. The first-order valence-corrected chi connectivity index (χ1v) is 6.26. The van der Waals surface area contributed by atoms with Crippen molar-refractivity contribution in [2.75, 3.05) is 6.61 Å². The molecule has 21 heavy (non-hydrogen) atoms. The van der Waals surface area contributed by atoms with Gasteiger partial charge < -0.3 is 4.74 Å². The van der Waals surface area contributed by atoms with Crippen LogP contribution in [0.3, 0.4) is 0 Å². The summed E-state index contributed by atoms with van der Waals surface area (Å²) >= 11 is 0. The fraction of sp³-hybridized carbons (Fsp3) is 0.231. The summed E-state index contributed by atoms with van der Waals surface area (Å²) in [5.74, 6) is 0.652. The number of benzene rings is 1. The Labute approximate surface area is 117 Å². The first-order valence-electron chi connectivity index (χ1n) is 6.26. The third-order valence-corrected chi connectivity index (χ3v) is 3.40. The number of para-hydroxylation sites is 1. The van der Waals surface area contributed by atoms with E-state index < -0.39 is 21.9 Å². The summed E-state index contributed by atoms with van der Waals surface area (Å²) in [6, 6.07) is 7.42. The summed E-state index contributed by atoms with van der Waals surface area (Å²) in [7, 11) is 0. The number of hydrogen-bond acceptors (Lipinski definition) is 5. The molecule has 3 rings (SSSR count). The van der Waals surface area contributed by atoms with Gasteiger partial charge in [0.15, 0.2) is 0 Å². The van der Waals surface area contributed by atoms with E-state index in [1.54, 1.807) is 0 Å². The largest absolute Gasteiger partial charge is 0.493 e. The lowest BCUT2D eigenvalue weighted by Crippen LogP contribution is -2.32. The summed E-state index contributed by atoms with van der Waals surface area (Å²) in [6.45, 7) is 0.589. The normalized spacial score (nSPS) is 16.3. The molecular weight excluding hydrogens is 278 g/mol. The molecule has 0 spiro atoms. The van der Waals surface area contributed by atoms with Crippen molar-refractivity contribution in [3.8, 4) is 5.75 Å². The number of H-pyrrole nitrogens is 1. The van der Waals surface area contributed by atoms with Crippen molar-refractivity contribution in [3.05, 3.63) is 67.0 Å². The van der Waals surface area contributed by atoms with Crippen LogP contribution < -0.4 is 16.0 Å². The molecule has 8 heteroatoms. The van der Waals surface area contributed by atoms with E-state index >= 15 is 0 Å². The van der Waals surface area contributed by atoms with Crippen LogP contribution in [-0.4, -0.2) is 21.1 Å². The SMILES string of the molecule is O=c1[nH]c(=O)n(CC2COc3ccccc32)cc1[N+](=O)[O-]. The summed E-state index contributed by atoms with van der Waals surface area (Å²) in [5, 5.41) is 10.8. The van der Waals surface area contributed by atoms with E-state index in [1.165, 1.54) is 0 Å². The standard InChI is InChI=1S/C13H11N3O5/c17-12-10(16(19)20)6-15(13(18)14-12)5-8-7-21-11-4-2-1-3-9(8)11/h1-4,6,8H,5,7H2,(H,14,17,18). The molecule has 1 aliphatic heterocycles. The number of nitrogens with zero attached hydrogens (tertiary/aromatic N) is 2. The average molecular weight is 289 g/mol. The maximum absolute atomic E-state index is 11.8. The molecule has 1 N–H and O–H groups in total. The van der Waals surface area contributed by atoms with Crippen molar-refractivity contribution < 1.29 is 9.66 Å². The minimum atomic E-state index is -0.996. The summed E-state index contributed by atoms with van der Waals surface area (Å²) in [6.07, 6.45) is 0.974. The van der Waals surface area contributed by atoms with Crippen LogP contribution >= 0.6 is 0 Å². The van der Waals surface area contributed by atoms with E-state index in [0.717, 1.165) is 22.1 Å². The van der Waals surface area contributed by atoms with Crippen LogP contribution in [0.25, 0.3) is 0 Å². The molecule has 0 fully saturated rings. The van der Waals surface area contributed by atoms with Gasteiger partial charge in [-0.05, 0) is 6.07 Å². The van der Waals surface area contributed by atoms with Gasteiger partial charge in [-0.3, -0.25) is 24.5 Å². The van der Waals surface area contributed by atoms with Gasteiger partial charge in [-0.25, -0.2) is 4.79 Å². The second-order valence-corrected chi connectivity index (χ2v) is 4.73. The van der Waals surface area contributed by atoms with Crippen molar-refractivity contribution >= 4 is 5.69 Å². The van der Waals surface area contributed by atoms with Crippen molar-refractivity contribution in [2.45, 2.75) is 12.5 Å². The maximum atomic E-state index is 11.8. The van der Waals surface area contributed by atoms with Crippen LogP contribution in [0.15, 0.2) is 40.1 Å². The Morgan fingerprint density at radius 2 is 2.14 bits per heavy atom. The zero-order valence-electron chi connectivity index (χ0n) is 10.8. The third kappa shape index (κ3) is 2.31. The zero-order valence-corrected chi connectivity index (χ0v) is 10.8. The van der Waals surface area contributed by atoms with Crippen LogP contribution in [-0.2, 0) is 6.54 Å². The molecule has 0 saturated heterocycles. The first-order chi connectivity index (χ1) is 10.1. The second-order valence-electron chi connectivity index (χ2n) is 4.73. The highest BCUT2D eigenvalue weighted by molar-refractivity contribution is 5.39. The van der Waals surface area contributed by atoms with Crippen LogP contribution in [0.4, 0.5) is 5.69 Å². The molecule has 0 saturated carbocycles. The number of nitrogens with one attached hydrogen (secondary N) is 1. The van der Waals surface area contributed by atoms with Gasteiger partial charge >= 0.3 is 16.9 Å². The number of nitro groups is 1. The molecule has 0 aliphatic carbocycles. The Balaban J connectivity index is 1.97. The number of aromatic nitrogens is 2. The number of aromatic amines is 1. The van der Waals surface area contributed by atoms with Crippen molar-refractivity contribution in [1.82, 2.24) is 9.55 Å². The van der Waals surface area contributed by atoms with Crippen molar-refractivity contribution in [3.63, 3.8) is 0 Å². The molecule has 1 aliphatic rings. The Kier molecular flexibility index (Phi) is 3.05. The van der Waals surface area contributed by atoms with Gasteiger partial charge in [-0.15, -0.1) is 0 Å². The van der Waals surface area contributed by atoms with Gasteiger partial charge in [0, 0.05) is 18.0 Å². The predicted octanol–water partition coefficient (Wildman–Crippen LogP) is 0.621. The first kappa shape index (κ1) is 13.1. The highest BCUT2D eigenvalue weighted by Crippen LogP contribution is 2.34. The Morgan fingerprint density at radius 3 is 2.90 bits per heavy atom. The summed E-state index contributed by atoms with van der Waals surface area (Å²) in [5.41, 5.74) is -1.38. The number of ether oxygens (including phenoxy) is 1. The Bertz CT molecular complexity index is 823. The van der Waals surface area contributed by atoms with Gasteiger partial charge in [-0.1, -0.05) is 18.2 Å². The van der Waals surface area contributed by atoms with Crippen molar-refractivity contribution in [2.24, 2.45) is 0 Å². The maximum Gasteiger partial charge on any atom is 0.350 e. The summed E-state index contributed by atoms with van der Waals surface area (Å²) < 4.78 is 6.64. The molecule has 0 amide bonds. The van der Waals surface area contributed by atoms with Gasteiger partial charge in [0.05, 0.1) is 17.7 Å². The van der Waals surface area contributed by atoms with E-state index in [1.807, 2.05) is 29.2 Å². The van der Waals surface area contributed by atoms with Crippen LogP contribution in [0, 0.1) is 10.1 Å². The smallest absolute Gasteiger partial charge is 0.350 e. The van der Waals surface area contributed by atoms with Gasteiger partial charge in [0.2, 0.25) is 0 Å². The van der Waals surface area contributed by atoms with E-state index in [-0.39, 0.29) is 12.5 Å². The van der Waals surface area contributed by atoms with E-state index in [9.17, 15) is 19.7 Å². The fourth-order valence-corrected chi connectivity index (χ4v) is 2.38. The average Bonchev–Trinajstić information content (AvgIpc) is 2.85. The van der Waals surface area contributed by atoms with E-state index in [4.69, 9.17) is 4.74 Å². The molecule has 1 aromatic carbocycles. The van der Waals surface area contributed by atoms with E-state index in [2.05, 4.69) is 0 Å². The molecule has 1 unspecified atom stereocenters. The van der Waals surface area contributed by atoms with Crippen LogP contribution in [0.2, 0.25) is 0 Å². The van der Waals surface area contributed by atoms with Gasteiger partial charge in [0.25, 0.3) is 0 Å². The van der Waals surface area contributed by atoms with E-state index in [0.29, 0.717) is 6.61 Å². The number of hydrogen-bond donors (Lipinski definition) is 1. The molecule has 108 valence electrons. The van der Waals surface area contributed by atoms with Gasteiger partial charge in [-0.2, -0.15) is 0 Å². The molecule has 0 bridgehead atoms. The van der Waals surface area contributed by atoms with Gasteiger partial charge in [0.1, 0.15) is 5.75 Å². The molecule has 1 atom stereocenters. The minimum Gasteiger partial charge on any atom is -0.493 e. The highest BCUT2D eigenvalue weighted by atomic mass is 16.6. The highest BCUT2D eigenvalue weighted by Gasteiger charge is 2.25. The van der Waals surface area contributed by atoms with Crippen LogP contribution in [0.5, 0.6) is 5.75 Å². The molecule has 8 nitrogen and oxygen atoms in total. The molecule has 2 aromatic rings. The molecule has 2 heterocycles. The molecule has 0 radical (unpaired) electrons. The lowest BCUT2D eigenvalue weighted by atomic mass is 10.0. The molecular formula is C13H11N3O5. The monoisotopic (exact) mass is 289 g/mol. The fourth-order valence-electron chi connectivity index (χ4n) is 2.38.